The Morgan fingerprint density at radius 2 is 1.49 bits per heavy atom. The number of hydrogen-bond donors (Lipinski definition) is 5. The van der Waals surface area contributed by atoms with Gasteiger partial charge in [-0.05, 0) is 41.8 Å². The highest BCUT2D eigenvalue weighted by molar-refractivity contribution is 5.82. The average molecular weight is 551 g/mol. The fourth-order valence-corrected chi connectivity index (χ4v) is 4.86. The van der Waals surface area contributed by atoms with Gasteiger partial charge < -0.3 is 54.0 Å². The van der Waals surface area contributed by atoms with E-state index in [2.05, 4.69) is 0 Å². The lowest BCUT2D eigenvalue weighted by Crippen LogP contribution is -2.60. The monoisotopic (exact) mass is 550 g/mol. The Labute approximate surface area is 225 Å². The van der Waals surface area contributed by atoms with Gasteiger partial charge >= 0.3 is 5.97 Å². The number of hydrogen-bond acceptors (Lipinski definition) is 12. The van der Waals surface area contributed by atoms with Crippen molar-refractivity contribution in [1.82, 2.24) is 0 Å². The van der Waals surface area contributed by atoms with Gasteiger partial charge in [0.25, 0.3) is 0 Å². The summed E-state index contributed by atoms with van der Waals surface area (Å²) in [6.07, 6.45) is -6.98. The molecular formula is C27H34O12. The quantitative estimate of drug-likeness (QED) is 0.242. The van der Waals surface area contributed by atoms with E-state index in [1.807, 2.05) is 6.07 Å². The third kappa shape index (κ3) is 5.76. The highest BCUT2D eigenvalue weighted by Crippen LogP contribution is 2.38. The van der Waals surface area contributed by atoms with E-state index >= 15 is 0 Å². The largest absolute Gasteiger partial charge is 0.493 e. The van der Waals surface area contributed by atoms with E-state index in [9.17, 15) is 30.3 Å². The molecule has 2 fully saturated rings. The number of ether oxygens (including phenoxy) is 6. The van der Waals surface area contributed by atoms with Gasteiger partial charge in [0.15, 0.2) is 28.6 Å². The molecule has 0 aromatic heterocycles. The van der Waals surface area contributed by atoms with Crippen molar-refractivity contribution >= 4 is 5.97 Å². The lowest BCUT2D eigenvalue weighted by molar-refractivity contribution is -0.277. The molecule has 12 heteroatoms. The lowest BCUT2D eigenvalue weighted by atomic mass is 9.81. The first-order chi connectivity index (χ1) is 18.6. The first-order valence-corrected chi connectivity index (χ1v) is 12.4. The fraction of sp³-hybridized carbons (Fsp3) is 0.519. The number of esters is 1. The Bertz CT molecular complexity index is 1150. The molecule has 214 valence electrons. The van der Waals surface area contributed by atoms with Crippen LogP contribution in [0.3, 0.4) is 0 Å². The van der Waals surface area contributed by atoms with Gasteiger partial charge in [0.2, 0.25) is 6.29 Å². The molecule has 2 aliphatic rings. The van der Waals surface area contributed by atoms with Crippen LogP contribution in [0.2, 0.25) is 0 Å². The molecular weight excluding hydrogens is 516 g/mol. The Balaban J connectivity index is 1.52. The smallest absolute Gasteiger partial charge is 0.338 e. The zero-order valence-corrected chi connectivity index (χ0v) is 21.9. The normalized spacial score (nSPS) is 30.5. The molecule has 5 N–H and O–H groups in total. The maximum absolute atomic E-state index is 12.7. The number of carbonyl (C=O) groups is 1. The second-order valence-corrected chi connectivity index (χ2v) is 9.59. The standard InChI is InChI=1S/C27H34O12/c1-34-17-6-4-14(9-19(17)35-2)8-16-13-37-26(32)27(16,33)11-15-5-7-18(20(10-15)36-3)38-25-24(31)23(30)22(29)21(12-28)39-25/h4-7,9-10,16,21-25,28-31,33H,8,11-13H2,1-3H3/t16-,21-,22-,23+,24-,25-,27-/m1/s1. The topological polar surface area (TPSA) is 174 Å². The van der Waals surface area contributed by atoms with Crippen LogP contribution in [0.25, 0.3) is 0 Å². The SMILES string of the molecule is COc1ccc(C[C@@H]2COC(=O)[C@@]2(O)Cc2ccc(O[C@@H]3O[C@H](CO)[C@@H](O)[C@H](O)[C@H]3O)c(OC)c2)cc1OC. The summed E-state index contributed by atoms with van der Waals surface area (Å²) in [5, 5.41) is 51.2. The van der Waals surface area contributed by atoms with Gasteiger partial charge in [0.1, 0.15) is 24.4 Å². The minimum atomic E-state index is -1.81. The van der Waals surface area contributed by atoms with Crippen molar-refractivity contribution in [2.45, 2.75) is 49.1 Å². The van der Waals surface area contributed by atoms with Crippen molar-refractivity contribution in [3.63, 3.8) is 0 Å². The van der Waals surface area contributed by atoms with Gasteiger partial charge in [-0.25, -0.2) is 4.79 Å². The van der Waals surface area contributed by atoms with E-state index in [4.69, 9.17) is 28.4 Å². The Morgan fingerprint density at radius 3 is 2.15 bits per heavy atom. The molecule has 12 nitrogen and oxygen atoms in total. The number of methoxy groups -OCH3 is 3. The Morgan fingerprint density at radius 1 is 0.872 bits per heavy atom. The van der Waals surface area contributed by atoms with E-state index in [0.717, 1.165) is 5.56 Å². The maximum Gasteiger partial charge on any atom is 0.338 e. The van der Waals surface area contributed by atoms with E-state index in [1.165, 1.54) is 27.4 Å². The second kappa shape index (κ2) is 11.9. The van der Waals surface area contributed by atoms with Gasteiger partial charge in [-0.3, -0.25) is 0 Å². The molecule has 0 unspecified atom stereocenters. The Kier molecular flexibility index (Phi) is 8.84. The third-order valence-corrected chi connectivity index (χ3v) is 7.17. The molecule has 0 radical (unpaired) electrons. The van der Waals surface area contributed by atoms with Gasteiger partial charge in [0.05, 0.1) is 34.5 Å². The predicted molar refractivity (Wildman–Crippen MR) is 134 cm³/mol. The van der Waals surface area contributed by atoms with E-state index < -0.39 is 54.8 Å². The lowest BCUT2D eigenvalue weighted by Gasteiger charge is -2.39. The zero-order valence-electron chi connectivity index (χ0n) is 21.9. The molecule has 0 bridgehead atoms. The van der Waals surface area contributed by atoms with E-state index in [1.54, 1.807) is 24.3 Å². The number of carbonyl (C=O) groups excluding carboxylic acids is 1. The van der Waals surface area contributed by atoms with Crippen LogP contribution in [-0.4, -0.2) is 102 Å². The number of cyclic esters (lactones) is 1. The van der Waals surface area contributed by atoms with E-state index in [0.29, 0.717) is 23.5 Å². The van der Waals surface area contributed by atoms with Crippen molar-refractivity contribution in [3.05, 3.63) is 47.5 Å². The summed E-state index contributed by atoms with van der Waals surface area (Å²) in [6, 6.07) is 10.1. The summed E-state index contributed by atoms with van der Waals surface area (Å²) in [5.41, 5.74) is -0.431. The number of aliphatic hydroxyl groups excluding tert-OH is 4. The van der Waals surface area contributed by atoms with Crippen LogP contribution < -0.4 is 18.9 Å². The molecule has 2 aromatic carbocycles. The summed E-state index contributed by atoms with van der Waals surface area (Å²) < 4.78 is 32.4. The molecule has 0 spiro atoms. The predicted octanol–water partition coefficient (Wildman–Crippen LogP) is -0.420. The first-order valence-electron chi connectivity index (χ1n) is 12.4. The molecule has 39 heavy (non-hydrogen) atoms. The molecule has 0 amide bonds. The van der Waals surface area contributed by atoms with Crippen LogP contribution >= 0.6 is 0 Å². The summed E-state index contributed by atoms with van der Waals surface area (Å²) in [7, 11) is 4.45. The van der Waals surface area contributed by atoms with Crippen molar-refractivity contribution in [2.24, 2.45) is 5.92 Å². The first kappa shape index (κ1) is 28.9. The summed E-state index contributed by atoms with van der Waals surface area (Å²) >= 11 is 0. The van der Waals surface area contributed by atoms with Crippen LogP contribution in [0, 0.1) is 5.92 Å². The third-order valence-electron chi connectivity index (χ3n) is 7.17. The van der Waals surface area contributed by atoms with Gasteiger partial charge in [-0.1, -0.05) is 12.1 Å². The van der Waals surface area contributed by atoms with Crippen molar-refractivity contribution in [3.8, 4) is 23.0 Å². The second-order valence-electron chi connectivity index (χ2n) is 9.59. The molecule has 4 rings (SSSR count). The molecule has 0 aliphatic carbocycles. The van der Waals surface area contributed by atoms with Crippen molar-refractivity contribution in [2.75, 3.05) is 34.5 Å². The number of aliphatic hydroxyl groups is 5. The Hall–Kier alpha value is -3.13. The van der Waals surface area contributed by atoms with Crippen LogP contribution in [0.1, 0.15) is 11.1 Å². The van der Waals surface area contributed by atoms with Crippen LogP contribution in [0.5, 0.6) is 23.0 Å². The van der Waals surface area contributed by atoms with Crippen molar-refractivity contribution < 1.29 is 58.7 Å². The number of benzene rings is 2. The molecule has 2 heterocycles. The molecule has 0 saturated carbocycles. The maximum atomic E-state index is 12.7. The summed E-state index contributed by atoms with van der Waals surface area (Å²) in [4.78, 5) is 12.7. The highest BCUT2D eigenvalue weighted by atomic mass is 16.7. The minimum Gasteiger partial charge on any atom is -0.493 e. The molecule has 7 atom stereocenters. The van der Waals surface area contributed by atoms with Gasteiger partial charge in [0, 0.05) is 12.3 Å². The average Bonchev–Trinajstić information content (AvgIpc) is 3.21. The molecule has 2 aromatic rings. The fourth-order valence-electron chi connectivity index (χ4n) is 4.86. The number of rotatable bonds is 10. The van der Waals surface area contributed by atoms with Gasteiger partial charge in [-0.2, -0.15) is 0 Å². The molecule has 2 aliphatic heterocycles. The summed E-state index contributed by atoms with van der Waals surface area (Å²) in [6.45, 7) is -0.556. The van der Waals surface area contributed by atoms with Crippen molar-refractivity contribution in [1.29, 1.82) is 0 Å². The van der Waals surface area contributed by atoms with Gasteiger partial charge in [-0.15, -0.1) is 0 Å². The highest BCUT2D eigenvalue weighted by Gasteiger charge is 2.51. The van der Waals surface area contributed by atoms with E-state index in [-0.39, 0.29) is 24.5 Å². The van der Waals surface area contributed by atoms with Crippen LogP contribution in [-0.2, 0) is 27.1 Å². The van der Waals surface area contributed by atoms with Crippen LogP contribution in [0.15, 0.2) is 36.4 Å². The zero-order chi connectivity index (χ0) is 28.3. The minimum absolute atomic E-state index is 0.0408. The summed E-state index contributed by atoms with van der Waals surface area (Å²) in [5.74, 6) is 0.161. The molecule has 2 saturated heterocycles. The van der Waals surface area contributed by atoms with Crippen LogP contribution in [0.4, 0.5) is 0 Å².